The molecule has 0 aliphatic heterocycles. The van der Waals surface area contributed by atoms with Crippen LogP contribution in [0.15, 0.2) is 27.6 Å². The van der Waals surface area contributed by atoms with Crippen molar-refractivity contribution in [1.82, 2.24) is 10.0 Å². The van der Waals surface area contributed by atoms with Crippen LogP contribution in [0, 0.1) is 0 Å². The van der Waals surface area contributed by atoms with E-state index in [2.05, 4.69) is 26.0 Å². The van der Waals surface area contributed by atoms with Crippen LogP contribution < -0.4 is 10.0 Å². The van der Waals surface area contributed by atoms with Crippen molar-refractivity contribution in [1.29, 1.82) is 0 Å². The molecule has 1 aromatic rings. The maximum Gasteiger partial charge on any atom is 0.241 e. The summed E-state index contributed by atoms with van der Waals surface area (Å²) >= 11 is 3.33. The van der Waals surface area contributed by atoms with Gasteiger partial charge in [0.1, 0.15) is 0 Å². The third kappa shape index (κ3) is 4.87. The first kappa shape index (κ1) is 16.6. The first-order chi connectivity index (χ1) is 8.90. The van der Waals surface area contributed by atoms with E-state index in [4.69, 9.17) is 0 Å². The fraction of sp³-hybridized carbons (Fsp3) is 0.538. The van der Waals surface area contributed by atoms with Crippen molar-refractivity contribution in [2.75, 3.05) is 7.05 Å². The maximum absolute atomic E-state index is 12.3. The van der Waals surface area contributed by atoms with Crippen molar-refractivity contribution in [3.8, 4) is 0 Å². The minimum Gasteiger partial charge on any atom is -0.316 e. The average Bonchev–Trinajstić information content (AvgIpc) is 2.28. The normalized spacial score (nSPS) is 13.5. The van der Waals surface area contributed by atoms with Gasteiger partial charge in [-0.05, 0) is 54.0 Å². The summed E-state index contributed by atoms with van der Waals surface area (Å²) in [6, 6.07) is 5.23. The van der Waals surface area contributed by atoms with E-state index in [1.54, 1.807) is 6.07 Å². The molecule has 108 valence electrons. The van der Waals surface area contributed by atoms with Crippen molar-refractivity contribution in [2.24, 2.45) is 0 Å². The quantitative estimate of drug-likeness (QED) is 0.796. The molecule has 0 saturated heterocycles. The molecule has 0 aromatic heterocycles. The lowest BCUT2D eigenvalue weighted by molar-refractivity contribution is 0.543. The molecule has 19 heavy (non-hydrogen) atoms. The second-order valence-electron chi connectivity index (χ2n) is 4.61. The minimum absolute atomic E-state index is 0.0566. The topological polar surface area (TPSA) is 58.2 Å². The second-order valence-corrected chi connectivity index (χ2v) is 7.14. The second kappa shape index (κ2) is 7.38. The standard InChI is InChI=1S/C13H21BrN2O2S/c1-4-5-10(2)16-19(17,18)13-7-6-11(9-15-3)8-12(13)14/h6-8,10,15-16H,4-5,9H2,1-3H3. The van der Waals surface area contributed by atoms with Gasteiger partial charge in [0.05, 0.1) is 4.90 Å². The molecule has 1 atom stereocenters. The number of hydrogen-bond acceptors (Lipinski definition) is 3. The van der Waals surface area contributed by atoms with Crippen molar-refractivity contribution < 1.29 is 8.42 Å². The van der Waals surface area contributed by atoms with Crippen LogP contribution in [0.3, 0.4) is 0 Å². The molecule has 0 radical (unpaired) electrons. The molecular formula is C13H21BrN2O2S. The van der Waals surface area contributed by atoms with Gasteiger partial charge < -0.3 is 5.32 Å². The van der Waals surface area contributed by atoms with Gasteiger partial charge in [0, 0.05) is 17.1 Å². The Morgan fingerprint density at radius 3 is 2.58 bits per heavy atom. The van der Waals surface area contributed by atoms with Gasteiger partial charge in [-0.15, -0.1) is 0 Å². The van der Waals surface area contributed by atoms with Crippen LogP contribution in [-0.4, -0.2) is 21.5 Å². The van der Waals surface area contributed by atoms with Crippen LogP contribution in [-0.2, 0) is 16.6 Å². The van der Waals surface area contributed by atoms with Crippen LogP contribution in [0.4, 0.5) is 0 Å². The number of hydrogen-bond donors (Lipinski definition) is 2. The van der Waals surface area contributed by atoms with E-state index in [0.29, 0.717) is 11.0 Å². The van der Waals surface area contributed by atoms with E-state index in [-0.39, 0.29) is 10.9 Å². The molecule has 0 fully saturated rings. The minimum atomic E-state index is -3.46. The van der Waals surface area contributed by atoms with E-state index in [9.17, 15) is 8.42 Å². The molecule has 1 aromatic carbocycles. The monoisotopic (exact) mass is 348 g/mol. The zero-order valence-corrected chi connectivity index (χ0v) is 13.9. The van der Waals surface area contributed by atoms with Gasteiger partial charge in [-0.3, -0.25) is 0 Å². The summed E-state index contributed by atoms with van der Waals surface area (Å²) in [5.41, 5.74) is 1.04. The number of rotatable bonds is 7. The summed E-state index contributed by atoms with van der Waals surface area (Å²) in [7, 11) is -1.61. The fourth-order valence-electron chi connectivity index (χ4n) is 1.90. The molecule has 1 rings (SSSR count). The highest BCUT2D eigenvalue weighted by Gasteiger charge is 2.19. The molecule has 2 N–H and O–H groups in total. The van der Waals surface area contributed by atoms with Gasteiger partial charge in [-0.25, -0.2) is 13.1 Å². The van der Waals surface area contributed by atoms with Gasteiger partial charge in [0.15, 0.2) is 0 Å². The van der Waals surface area contributed by atoms with Crippen molar-refractivity contribution in [3.05, 3.63) is 28.2 Å². The molecule has 4 nitrogen and oxygen atoms in total. The van der Waals surface area contributed by atoms with Gasteiger partial charge in [0.2, 0.25) is 10.0 Å². The molecule has 0 aliphatic carbocycles. The van der Waals surface area contributed by atoms with Crippen LogP contribution in [0.2, 0.25) is 0 Å². The number of benzene rings is 1. The Bertz CT molecular complexity index is 517. The van der Waals surface area contributed by atoms with Crippen LogP contribution in [0.1, 0.15) is 32.3 Å². The Kier molecular flexibility index (Phi) is 6.46. The van der Waals surface area contributed by atoms with Gasteiger partial charge >= 0.3 is 0 Å². The highest BCUT2D eigenvalue weighted by atomic mass is 79.9. The third-order valence-corrected chi connectivity index (χ3v) is 5.31. The number of nitrogens with one attached hydrogen (secondary N) is 2. The third-order valence-electron chi connectivity index (χ3n) is 2.74. The van der Waals surface area contributed by atoms with E-state index in [1.165, 1.54) is 0 Å². The van der Waals surface area contributed by atoms with Gasteiger partial charge in [-0.2, -0.15) is 0 Å². The molecule has 0 saturated carbocycles. The van der Waals surface area contributed by atoms with Crippen LogP contribution in [0.5, 0.6) is 0 Å². The first-order valence-electron chi connectivity index (χ1n) is 6.36. The number of halogens is 1. The summed E-state index contributed by atoms with van der Waals surface area (Å²) < 4.78 is 27.8. The molecule has 0 heterocycles. The SMILES string of the molecule is CCCC(C)NS(=O)(=O)c1ccc(CNC)cc1Br. The molecular weight excluding hydrogens is 328 g/mol. The highest BCUT2D eigenvalue weighted by molar-refractivity contribution is 9.10. The number of sulfonamides is 1. The predicted octanol–water partition coefficient (Wildman–Crippen LogP) is 2.64. The first-order valence-corrected chi connectivity index (χ1v) is 8.63. The lowest BCUT2D eigenvalue weighted by Crippen LogP contribution is -2.32. The van der Waals surface area contributed by atoms with E-state index < -0.39 is 10.0 Å². The van der Waals surface area contributed by atoms with Gasteiger partial charge in [0.25, 0.3) is 0 Å². The van der Waals surface area contributed by atoms with Gasteiger partial charge in [-0.1, -0.05) is 19.4 Å². The molecule has 0 amide bonds. The zero-order valence-electron chi connectivity index (χ0n) is 11.5. The van der Waals surface area contributed by atoms with Crippen molar-refractivity contribution in [2.45, 2.75) is 44.2 Å². The molecule has 0 bridgehead atoms. The Balaban J connectivity index is 2.95. The summed E-state index contributed by atoms with van der Waals surface area (Å²) in [5, 5.41) is 3.03. The summed E-state index contributed by atoms with van der Waals surface area (Å²) in [5.74, 6) is 0. The lowest BCUT2D eigenvalue weighted by Gasteiger charge is -2.14. The lowest BCUT2D eigenvalue weighted by atomic mass is 10.2. The summed E-state index contributed by atoms with van der Waals surface area (Å²) in [6.07, 6.45) is 1.78. The largest absolute Gasteiger partial charge is 0.316 e. The van der Waals surface area contributed by atoms with Crippen molar-refractivity contribution >= 4 is 26.0 Å². The van der Waals surface area contributed by atoms with E-state index in [0.717, 1.165) is 18.4 Å². The molecule has 0 spiro atoms. The van der Waals surface area contributed by atoms with Crippen molar-refractivity contribution in [3.63, 3.8) is 0 Å². The smallest absolute Gasteiger partial charge is 0.241 e. The highest BCUT2D eigenvalue weighted by Crippen LogP contribution is 2.23. The fourth-order valence-corrected chi connectivity index (χ4v) is 4.30. The van der Waals surface area contributed by atoms with Crippen LogP contribution in [0.25, 0.3) is 0 Å². The molecule has 1 unspecified atom stereocenters. The van der Waals surface area contributed by atoms with Crippen LogP contribution >= 0.6 is 15.9 Å². The zero-order chi connectivity index (χ0) is 14.5. The Labute approximate surface area is 124 Å². The van der Waals surface area contributed by atoms with E-state index >= 15 is 0 Å². The average molecular weight is 349 g/mol. The maximum atomic E-state index is 12.3. The Morgan fingerprint density at radius 1 is 1.37 bits per heavy atom. The summed E-state index contributed by atoms with van der Waals surface area (Å²) in [4.78, 5) is 0.287. The molecule has 0 aliphatic rings. The Hall–Kier alpha value is -0.430. The molecule has 6 heteroatoms. The Morgan fingerprint density at radius 2 is 2.05 bits per heavy atom. The summed E-state index contributed by atoms with van der Waals surface area (Å²) in [6.45, 7) is 4.62. The van der Waals surface area contributed by atoms with E-state index in [1.807, 2.05) is 33.0 Å². The predicted molar refractivity (Wildman–Crippen MR) is 81.6 cm³/mol.